The first-order valence-electron chi connectivity index (χ1n) is 4.30. The average molecular weight is 212 g/mol. The fraction of sp³-hybridized carbons (Fsp3) is 0.400. The third kappa shape index (κ3) is 2.75. The van der Waals surface area contributed by atoms with Crippen LogP contribution in [0.5, 0.6) is 0 Å². The Morgan fingerprint density at radius 1 is 1.79 bits per heavy atom. The summed E-state index contributed by atoms with van der Waals surface area (Å²) in [4.78, 5) is 11.6. The van der Waals surface area contributed by atoms with Gasteiger partial charge in [0.1, 0.15) is 0 Å². The van der Waals surface area contributed by atoms with Crippen LogP contribution in [-0.4, -0.2) is 29.2 Å². The summed E-state index contributed by atoms with van der Waals surface area (Å²) in [6, 6.07) is 0. The zero-order valence-electron chi connectivity index (χ0n) is 7.90. The van der Waals surface area contributed by atoms with E-state index in [-0.39, 0.29) is 6.42 Å². The molecule has 0 heterocycles. The molecule has 1 aliphatic carbocycles. The Balaban J connectivity index is 2.63. The maximum atomic E-state index is 10.9. The van der Waals surface area contributed by atoms with Gasteiger partial charge in [-0.05, 0) is 5.57 Å². The van der Waals surface area contributed by atoms with E-state index in [1.165, 1.54) is 7.11 Å². The third-order valence-electron chi connectivity index (χ3n) is 1.98. The molecule has 0 spiro atoms. The molecule has 0 aromatic carbocycles. The van der Waals surface area contributed by atoms with Crippen molar-refractivity contribution in [2.75, 3.05) is 7.11 Å². The largest absolute Gasteiger partial charge is 0.469 e. The van der Waals surface area contributed by atoms with Gasteiger partial charge in [0.25, 0.3) is 0 Å². The van der Waals surface area contributed by atoms with Gasteiger partial charge in [-0.25, -0.2) is 0 Å². The van der Waals surface area contributed by atoms with Crippen LogP contribution >= 0.6 is 12.2 Å². The van der Waals surface area contributed by atoms with Crippen molar-refractivity contribution in [2.45, 2.75) is 18.9 Å². The molecule has 0 unspecified atom stereocenters. The minimum Gasteiger partial charge on any atom is -0.469 e. The standard InChI is InChI=1S/C10H12O3S/c1-13-10(12)6-8(11)7-4-2-3-5-9(7)14/h2-4,8,11H,5-6H2,1H3/t8-/m0/s1. The monoisotopic (exact) mass is 212 g/mol. The molecule has 1 N–H and O–H groups in total. The zero-order valence-corrected chi connectivity index (χ0v) is 8.71. The smallest absolute Gasteiger partial charge is 0.308 e. The minimum absolute atomic E-state index is 0.0453. The highest BCUT2D eigenvalue weighted by Gasteiger charge is 2.19. The second-order valence-corrected chi connectivity index (χ2v) is 3.47. The lowest BCUT2D eigenvalue weighted by molar-refractivity contribution is -0.142. The van der Waals surface area contributed by atoms with Crippen LogP contribution in [0, 0.1) is 0 Å². The highest BCUT2D eigenvalue weighted by atomic mass is 32.1. The minimum atomic E-state index is -0.847. The maximum Gasteiger partial charge on any atom is 0.308 e. The van der Waals surface area contributed by atoms with Gasteiger partial charge in [0.15, 0.2) is 0 Å². The first-order valence-corrected chi connectivity index (χ1v) is 4.70. The van der Waals surface area contributed by atoms with Gasteiger partial charge in [0, 0.05) is 11.3 Å². The maximum absolute atomic E-state index is 10.9. The first-order chi connectivity index (χ1) is 6.65. The Bertz CT molecular complexity index is 304. The summed E-state index contributed by atoms with van der Waals surface area (Å²) in [7, 11) is 1.29. The van der Waals surface area contributed by atoms with E-state index in [2.05, 4.69) is 4.74 Å². The van der Waals surface area contributed by atoms with Crippen molar-refractivity contribution in [2.24, 2.45) is 0 Å². The number of rotatable bonds is 3. The molecule has 0 aromatic rings. The van der Waals surface area contributed by atoms with E-state index in [1.807, 2.05) is 12.2 Å². The molecule has 76 valence electrons. The number of carbonyl (C=O) groups excluding carboxylic acids is 1. The van der Waals surface area contributed by atoms with Crippen LogP contribution in [0.4, 0.5) is 0 Å². The van der Waals surface area contributed by atoms with Crippen molar-refractivity contribution >= 4 is 23.1 Å². The number of hydrogen-bond donors (Lipinski definition) is 1. The summed E-state index contributed by atoms with van der Waals surface area (Å²) < 4.78 is 4.46. The Morgan fingerprint density at radius 3 is 3.07 bits per heavy atom. The quantitative estimate of drug-likeness (QED) is 0.563. The molecule has 1 rings (SSSR count). The van der Waals surface area contributed by atoms with Gasteiger partial charge in [-0.2, -0.15) is 0 Å². The van der Waals surface area contributed by atoms with Crippen LogP contribution in [0.15, 0.2) is 23.8 Å². The second-order valence-electron chi connectivity index (χ2n) is 2.97. The number of ether oxygens (including phenoxy) is 1. The molecule has 1 atom stereocenters. The fourth-order valence-electron chi connectivity index (χ4n) is 1.21. The first kappa shape index (κ1) is 11.1. The molecule has 0 bridgehead atoms. The summed E-state index contributed by atoms with van der Waals surface area (Å²) >= 11 is 5.06. The molecule has 4 heteroatoms. The molecule has 0 fully saturated rings. The van der Waals surface area contributed by atoms with E-state index in [4.69, 9.17) is 12.2 Å². The molecule has 0 aromatic heterocycles. The molecule has 0 radical (unpaired) electrons. The molecular weight excluding hydrogens is 200 g/mol. The van der Waals surface area contributed by atoms with Gasteiger partial charge >= 0.3 is 5.97 Å². The Kier molecular flexibility index (Phi) is 3.98. The Labute approximate surface area is 88.1 Å². The SMILES string of the molecule is COC(=O)C[C@H](O)C1=CC=CCC1=S. The van der Waals surface area contributed by atoms with Crippen LogP contribution in [0.2, 0.25) is 0 Å². The van der Waals surface area contributed by atoms with Gasteiger partial charge in [-0.15, -0.1) is 0 Å². The lowest BCUT2D eigenvalue weighted by Crippen LogP contribution is -2.21. The number of hydrogen-bond acceptors (Lipinski definition) is 4. The van der Waals surface area contributed by atoms with E-state index in [0.717, 1.165) is 0 Å². The fourth-order valence-corrected chi connectivity index (χ4v) is 1.51. The van der Waals surface area contributed by atoms with Crippen molar-refractivity contribution in [1.29, 1.82) is 0 Å². The van der Waals surface area contributed by atoms with Gasteiger partial charge < -0.3 is 9.84 Å². The van der Waals surface area contributed by atoms with E-state index >= 15 is 0 Å². The summed E-state index contributed by atoms with van der Waals surface area (Å²) in [6.45, 7) is 0. The van der Waals surface area contributed by atoms with Crippen molar-refractivity contribution in [3.05, 3.63) is 23.8 Å². The highest BCUT2D eigenvalue weighted by Crippen LogP contribution is 2.16. The molecule has 0 amide bonds. The molecule has 0 saturated heterocycles. The molecule has 1 aliphatic rings. The second kappa shape index (κ2) is 5.02. The van der Waals surface area contributed by atoms with Crippen molar-refractivity contribution in [3.63, 3.8) is 0 Å². The predicted octanol–water partition coefficient (Wildman–Crippen LogP) is 1.17. The van der Waals surface area contributed by atoms with Crippen LogP contribution in [0.1, 0.15) is 12.8 Å². The van der Waals surface area contributed by atoms with Gasteiger partial charge in [0.2, 0.25) is 0 Å². The number of aliphatic hydroxyl groups is 1. The lowest BCUT2D eigenvalue weighted by Gasteiger charge is -2.15. The average Bonchev–Trinajstić information content (AvgIpc) is 2.18. The molecule has 14 heavy (non-hydrogen) atoms. The third-order valence-corrected chi connectivity index (χ3v) is 2.39. The van der Waals surface area contributed by atoms with E-state index in [1.54, 1.807) is 6.08 Å². The number of aliphatic hydroxyl groups excluding tert-OH is 1. The van der Waals surface area contributed by atoms with Crippen LogP contribution in [-0.2, 0) is 9.53 Å². The van der Waals surface area contributed by atoms with E-state index in [9.17, 15) is 9.90 Å². The number of carbonyl (C=O) groups is 1. The molecular formula is C10H12O3S. The number of thiocarbonyl (C=S) groups is 1. The molecule has 0 saturated carbocycles. The van der Waals surface area contributed by atoms with Crippen molar-refractivity contribution in [3.8, 4) is 0 Å². The summed E-state index contributed by atoms with van der Waals surface area (Å²) in [5, 5.41) is 9.66. The van der Waals surface area contributed by atoms with Gasteiger partial charge in [0.05, 0.1) is 19.6 Å². The van der Waals surface area contributed by atoms with Gasteiger partial charge in [-0.3, -0.25) is 4.79 Å². The molecule has 3 nitrogen and oxygen atoms in total. The van der Waals surface area contributed by atoms with Crippen LogP contribution in [0.3, 0.4) is 0 Å². The number of methoxy groups -OCH3 is 1. The summed E-state index contributed by atoms with van der Waals surface area (Å²) in [5.74, 6) is -0.434. The Morgan fingerprint density at radius 2 is 2.50 bits per heavy atom. The van der Waals surface area contributed by atoms with E-state index < -0.39 is 12.1 Å². The lowest BCUT2D eigenvalue weighted by atomic mass is 9.98. The summed E-state index contributed by atoms with van der Waals surface area (Å²) in [5.41, 5.74) is 0.646. The van der Waals surface area contributed by atoms with Crippen LogP contribution < -0.4 is 0 Å². The Hall–Kier alpha value is -1.00. The zero-order chi connectivity index (χ0) is 10.6. The molecule has 0 aliphatic heterocycles. The van der Waals surface area contributed by atoms with Crippen LogP contribution in [0.25, 0.3) is 0 Å². The predicted molar refractivity (Wildman–Crippen MR) is 57.1 cm³/mol. The topological polar surface area (TPSA) is 46.5 Å². The van der Waals surface area contributed by atoms with E-state index in [0.29, 0.717) is 16.9 Å². The van der Waals surface area contributed by atoms with Gasteiger partial charge in [-0.1, -0.05) is 30.4 Å². The van der Waals surface area contributed by atoms with Crippen molar-refractivity contribution < 1.29 is 14.6 Å². The number of esters is 1. The number of allylic oxidation sites excluding steroid dienone is 3. The normalized spacial score (nSPS) is 17.6. The summed E-state index contributed by atoms with van der Waals surface area (Å²) in [6.07, 6.45) is 5.23. The van der Waals surface area contributed by atoms with Crippen molar-refractivity contribution in [1.82, 2.24) is 0 Å². The highest BCUT2D eigenvalue weighted by molar-refractivity contribution is 7.80.